The number of hydrogen-bond donors (Lipinski definition) is 2. The molecule has 0 aromatic heterocycles. The number of aliphatic hydroxyl groups excluding tert-OH is 1. The van der Waals surface area contributed by atoms with Crippen LogP contribution in [0.25, 0.3) is 0 Å². The summed E-state index contributed by atoms with van der Waals surface area (Å²) in [7, 11) is 0. The predicted octanol–water partition coefficient (Wildman–Crippen LogP) is 5.33. The maximum Gasteiger partial charge on any atom is 0.155 e. The van der Waals surface area contributed by atoms with E-state index in [2.05, 4.69) is 31.9 Å². The molecule has 0 saturated carbocycles. The molecule has 0 amide bonds. The minimum absolute atomic E-state index is 0.0335. The zero-order valence-corrected chi connectivity index (χ0v) is 14.9. The Kier molecular flexibility index (Phi) is 5.30. The molecule has 2 aromatic carbocycles. The lowest BCUT2D eigenvalue weighted by Gasteiger charge is -2.14. The van der Waals surface area contributed by atoms with Gasteiger partial charge in [-0.25, -0.2) is 0 Å². The van der Waals surface area contributed by atoms with E-state index in [0.717, 1.165) is 20.1 Å². The van der Waals surface area contributed by atoms with Gasteiger partial charge in [-0.1, -0.05) is 13.8 Å². The van der Waals surface area contributed by atoms with Gasteiger partial charge < -0.3 is 14.9 Å². The highest BCUT2D eigenvalue weighted by atomic mass is 79.9. The lowest BCUT2D eigenvalue weighted by molar-refractivity contribution is 0.281. The van der Waals surface area contributed by atoms with Crippen LogP contribution in [0.2, 0.25) is 0 Å². The van der Waals surface area contributed by atoms with Crippen molar-refractivity contribution >= 4 is 31.9 Å². The number of phenols is 1. The Balaban J connectivity index is 2.37. The summed E-state index contributed by atoms with van der Waals surface area (Å²) in [5.41, 5.74) is 1.63. The van der Waals surface area contributed by atoms with Crippen LogP contribution < -0.4 is 4.74 Å². The highest BCUT2D eigenvalue weighted by Gasteiger charge is 2.12. The van der Waals surface area contributed by atoms with Gasteiger partial charge in [0.2, 0.25) is 0 Å². The van der Waals surface area contributed by atoms with E-state index < -0.39 is 0 Å². The van der Waals surface area contributed by atoms with Crippen molar-refractivity contribution in [3.05, 3.63) is 50.4 Å². The summed E-state index contributed by atoms with van der Waals surface area (Å²) in [6.45, 7) is 4.00. The molecule has 0 spiro atoms. The molecule has 0 heterocycles. The van der Waals surface area contributed by atoms with E-state index in [4.69, 9.17) is 4.74 Å². The fourth-order valence-electron chi connectivity index (χ4n) is 1.98. The first kappa shape index (κ1) is 16.3. The number of ether oxygens (including phenoxy) is 1. The first-order valence-corrected chi connectivity index (χ1v) is 8.10. The Morgan fingerprint density at radius 3 is 2.24 bits per heavy atom. The van der Waals surface area contributed by atoms with Gasteiger partial charge in [-0.3, -0.25) is 0 Å². The van der Waals surface area contributed by atoms with Crippen molar-refractivity contribution in [2.45, 2.75) is 26.4 Å². The van der Waals surface area contributed by atoms with E-state index in [-0.39, 0.29) is 18.3 Å². The van der Waals surface area contributed by atoms with Crippen molar-refractivity contribution < 1.29 is 14.9 Å². The van der Waals surface area contributed by atoms with Crippen LogP contribution in [-0.4, -0.2) is 10.2 Å². The number of aromatic hydroxyl groups is 1. The van der Waals surface area contributed by atoms with Crippen molar-refractivity contribution in [3.8, 4) is 17.2 Å². The Bertz CT molecular complexity index is 631. The molecular weight excluding hydrogens is 400 g/mol. The third kappa shape index (κ3) is 3.78. The maximum absolute atomic E-state index is 9.85. The number of benzene rings is 2. The monoisotopic (exact) mass is 414 g/mol. The highest BCUT2D eigenvalue weighted by molar-refractivity contribution is 9.11. The number of rotatable bonds is 4. The fourth-order valence-corrected chi connectivity index (χ4v) is 3.42. The second-order valence-electron chi connectivity index (χ2n) is 5.02. The third-order valence-electron chi connectivity index (χ3n) is 3.08. The van der Waals surface area contributed by atoms with Gasteiger partial charge in [0.1, 0.15) is 11.5 Å². The average molecular weight is 416 g/mol. The summed E-state index contributed by atoms with van der Waals surface area (Å²) < 4.78 is 7.40. The minimum atomic E-state index is -0.0335. The van der Waals surface area contributed by atoms with Gasteiger partial charge in [0, 0.05) is 5.56 Å². The molecule has 2 rings (SSSR count). The second-order valence-corrected chi connectivity index (χ2v) is 6.73. The molecule has 21 heavy (non-hydrogen) atoms. The van der Waals surface area contributed by atoms with E-state index in [0.29, 0.717) is 11.5 Å². The van der Waals surface area contributed by atoms with Crippen molar-refractivity contribution in [2.75, 3.05) is 0 Å². The maximum atomic E-state index is 9.85. The fraction of sp³-hybridized carbons (Fsp3) is 0.250. The largest absolute Gasteiger partial charge is 0.508 e. The standard InChI is InChI=1S/C16H16Br2O3/c1-9(2)12-7-11(3-4-15(12)20)21-16-13(17)5-10(8-19)6-14(16)18/h3-7,9,19-20H,8H2,1-2H3. The molecule has 0 unspecified atom stereocenters. The van der Waals surface area contributed by atoms with Gasteiger partial charge in [0.25, 0.3) is 0 Å². The van der Waals surface area contributed by atoms with Crippen molar-refractivity contribution in [3.63, 3.8) is 0 Å². The zero-order valence-electron chi connectivity index (χ0n) is 11.7. The van der Waals surface area contributed by atoms with Gasteiger partial charge in [0.15, 0.2) is 5.75 Å². The quantitative estimate of drug-likeness (QED) is 0.709. The van der Waals surface area contributed by atoms with Crippen molar-refractivity contribution in [1.82, 2.24) is 0 Å². The first-order valence-electron chi connectivity index (χ1n) is 6.52. The van der Waals surface area contributed by atoms with Crippen LogP contribution in [-0.2, 0) is 6.61 Å². The molecule has 0 saturated heterocycles. The van der Waals surface area contributed by atoms with Crippen LogP contribution in [0, 0.1) is 0 Å². The number of phenolic OH excluding ortho intramolecular Hbond substituents is 1. The van der Waals surface area contributed by atoms with Crippen molar-refractivity contribution in [2.24, 2.45) is 0 Å². The lowest BCUT2D eigenvalue weighted by atomic mass is 10.0. The molecule has 3 nitrogen and oxygen atoms in total. The molecule has 5 heteroatoms. The van der Waals surface area contributed by atoms with Crippen LogP contribution in [0.5, 0.6) is 17.2 Å². The molecule has 0 aliphatic heterocycles. The van der Waals surface area contributed by atoms with Gasteiger partial charge in [-0.05, 0) is 73.7 Å². The van der Waals surface area contributed by atoms with Crippen LogP contribution >= 0.6 is 31.9 Å². The predicted molar refractivity (Wildman–Crippen MR) is 90.0 cm³/mol. The number of aliphatic hydroxyl groups is 1. The van der Waals surface area contributed by atoms with Gasteiger partial charge in [-0.15, -0.1) is 0 Å². The molecule has 0 atom stereocenters. The zero-order chi connectivity index (χ0) is 15.6. The molecule has 0 bridgehead atoms. The number of hydrogen-bond acceptors (Lipinski definition) is 3. The summed E-state index contributed by atoms with van der Waals surface area (Å²) >= 11 is 6.89. The van der Waals surface area contributed by atoms with Crippen LogP contribution in [0.4, 0.5) is 0 Å². The average Bonchev–Trinajstić information content (AvgIpc) is 2.43. The van der Waals surface area contributed by atoms with E-state index >= 15 is 0 Å². The van der Waals surface area contributed by atoms with Gasteiger partial charge in [-0.2, -0.15) is 0 Å². The smallest absolute Gasteiger partial charge is 0.155 e. The molecule has 2 N–H and O–H groups in total. The Morgan fingerprint density at radius 1 is 1.10 bits per heavy atom. The van der Waals surface area contributed by atoms with E-state index in [9.17, 15) is 10.2 Å². The second kappa shape index (κ2) is 6.81. The molecule has 0 aliphatic carbocycles. The SMILES string of the molecule is CC(C)c1cc(Oc2c(Br)cc(CO)cc2Br)ccc1O. The third-order valence-corrected chi connectivity index (χ3v) is 4.26. The molecular formula is C16H16Br2O3. The van der Waals surface area contributed by atoms with Crippen molar-refractivity contribution in [1.29, 1.82) is 0 Å². The molecule has 112 valence electrons. The molecule has 0 fully saturated rings. The minimum Gasteiger partial charge on any atom is -0.508 e. The van der Waals surface area contributed by atoms with Crippen LogP contribution in [0.3, 0.4) is 0 Å². The highest BCUT2D eigenvalue weighted by Crippen LogP contribution is 2.39. The summed E-state index contributed by atoms with van der Waals surface area (Å²) in [6, 6.07) is 8.81. The Labute approximate surface area is 140 Å². The summed E-state index contributed by atoms with van der Waals surface area (Å²) in [5.74, 6) is 1.76. The van der Waals surface area contributed by atoms with Gasteiger partial charge in [0.05, 0.1) is 15.6 Å². The first-order chi connectivity index (χ1) is 9.92. The summed E-state index contributed by atoms with van der Waals surface area (Å²) in [6.07, 6.45) is 0. The van der Waals surface area contributed by atoms with E-state index in [1.807, 2.05) is 32.0 Å². The Hall–Kier alpha value is -1.04. The molecule has 0 radical (unpaired) electrons. The van der Waals surface area contributed by atoms with Gasteiger partial charge >= 0.3 is 0 Å². The van der Waals surface area contributed by atoms with Crippen LogP contribution in [0.1, 0.15) is 30.9 Å². The molecule has 0 aliphatic rings. The topological polar surface area (TPSA) is 49.7 Å². The molecule has 2 aromatic rings. The summed E-state index contributed by atoms with van der Waals surface area (Å²) in [4.78, 5) is 0. The van der Waals surface area contributed by atoms with Crippen LogP contribution in [0.15, 0.2) is 39.3 Å². The Morgan fingerprint density at radius 2 is 1.71 bits per heavy atom. The number of halogens is 2. The van der Waals surface area contributed by atoms with E-state index in [1.165, 1.54) is 0 Å². The van der Waals surface area contributed by atoms with E-state index in [1.54, 1.807) is 12.1 Å². The lowest BCUT2D eigenvalue weighted by Crippen LogP contribution is -1.93. The summed E-state index contributed by atoms with van der Waals surface area (Å²) in [5, 5.41) is 19.0. The normalized spacial score (nSPS) is 11.0.